The lowest BCUT2D eigenvalue weighted by Gasteiger charge is -2.15. The van der Waals surface area contributed by atoms with Crippen LogP contribution in [-0.4, -0.2) is 34.6 Å². The molecule has 1 aliphatic rings. The Bertz CT molecular complexity index is 1770. The second-order valence-corrected chi connectivity index (χ2v) is 10.1. The SMILES string of the molecule is COc1ccc(NC(=O)Cn2c(=O)n(-c3ccc(CC(=O)NCCC4C=CC=CC4)cc3)c(=O)c3ccccc32)cc1. The molecule has 9 heteroatoms. The Morgan fingerprint density at radius 2 is 1.69 bits per heavy atom. The Morgan fingerprint density at radius 1 is 0.929 bits per heavy atom. The van der Waals surface area contributed by atoms with Crippen molar-refractivity contribution in [1.29, 1.82) is 0 Å². The first-order valence-electron chi connectivity index (χ1n) is 13.8. The van der Waals surface area contributed by atoms with Crippen molar-refractivity contribution >= 4 is 28.4 Å². The summed E-state index contributed by atoms with van der Waals surface area (Å²) in [6.45, 7) is 0.300. The van der Waals surface area contributed by atoms with E-state index < -0.39 is 17.2 Å². The fourth-order valence-electron chi connectivity index (χ4n) is 4.97. The van der Waals surface area contributed by atoms with Gasteiger partial charge < -0.3 is 15.4 Å². The molecule has 1 heterocycles. The first-order valence-corrected chi connectivity index (χ1v) is 13.8. The molecule has 1 unspecified atom stereocenters. The number of rotatable bonds is 10. The highest BCUT2D eigenvalue weighted by Crippen LogP contribution is 2.17. The molecule has 2 amide bonds. The number of carbonyl (C=O) groups excluding carboxylic acids is 2. The highest BCUT2D eigenvalue weighted by Gasteiger charge is 2.17. The van der Waals surface area contributed by atoms with E-state index in [-0.39, 0.29) is 18.9 Å². The van der Waals surface area contributed by atoms with Gasteiger partial charge in [-0.15, -0.1) is 0 Å². The van der Waals surface area contributed by atoms with E-state index in [9.17, 15) is 19.2 Å². The average molecular weight is 565 g/mol. The van der Waals surface area contributed by atoms with Crippen LogP contribution in [0.1, 0.15) is 18.4 Å². The molecule has 4 aromatic rings. The zero-order valence-corrected chi connectivity index (χ0v) is 23.3. The summed E-state index contributed by atoms with van der Waals surface area (Å²) in [5.41, 5.74) is 0.891. The number of anilines is 1. The number of methoxy groups -OCH3 is 1. The normalized spacial score (nSPS) is 14.1. The van der Waals surface area contributed by atoms with Crippen LogP contribution in [0.5, 0.6) is 5.75 Å². The van der Waals surface area contributed by atoms with Gasteiger partial charge in [0.05, 0.1) is 30.1 Å². The third-order valence-corrected chi connectivity index (χ3v) is 7.19. The van der Waals surface area contributed by atoms with Crippen LogP contribution in [0.2, 0.25) is 0 Å². The van der Waals surface area contributed by atoms with Crippen LogP contribution < -0.4 is 26.6 Å². The van der Waals surface area contributed by atoms with Gasteiger partial charge in [-0.25, -0.2) is 9.36 Å². The zero-order valence-electron chi connectivity index (χ0n) is 23.3. The molecule has 0 spiro atoms. The Labute approximate surface area is 242 Å². The summed E-state index contributed by atoms with van der Waals surface area (Å²) in [4.78, 5) is 52.5. The lowest BCUT2D eigenvalue weighted by atomic mass is 9.97. The molecular weight excluding hydrogens is 532 g/mol. The maximum atomic E-state index is 13.6. The summed E-state index contributed by atoms with van der Waals surface area (Å²) in [5, 5.41) is 6.05. The number of ether oxygens (including phenoxy) is 1. The highest BCUT2D eigenvalue weighted by molar-refractivity contribution is 5.91. The fourth-order valence-corrected chi connectivity index (χ4v) is 4.97. The van der Waals surface area contributed by atoms with Gasteiger partial charge in [0, 0.05) is 12.2 Å². The lowest BCUT2D eigenvalue weighted by Crippen LogP contribution is -2.40. The van der Waals surface area contributed by atoms with Crippen molar-refractivity contribution in [2.45, 2.75) is 25.8 Å². The number of amides is 2. The fraction of sp³-hybridized carbons (Fsp3) is 0.212. The number of carbonyl (C=O) groups is 2. The number of para-hydroxylation sites is 1. The molecule has 3 aromatic carbocycles. The maximum absolute atomic E-state index is 13.6. The van der Waals surface area contributed by atoms with E-state index in [0.29, 0.717) is 40.5 Å². The maximum Gasteiger partial charge on any atom is 0.336 e. The second-order valence-electron chi connectivity index (χ2n) is 10.1. The Kier molecular flexibility index (Phi) is 8.77. The van der Waals surface area contributed by atoms with Crippen LogP contribution >= 0.6 is 0 Å². The van der Waals surface area contributed by atoms with Gasteiger partial charge in [0.15, 0.2) is 0 Å². The first-order chi connectivity index (χ1) is 20.4. The van der Waals surface area contributed by atoms with Gasteiger partial charge in [-0.2, -0.15) is 0 Å². The van der Waals surface area contributed by atoms with Gasteiger partial charge in [0.2, 0.25) is 11.8 Å². The van der Waals surface area contributed by atoms with Gasteiger partial charge in [0.1, 0.15) is 12.3 Å². The van der Waals surface area contributed by atoms with E-state index in [0.717, 1.165) is 23.0 Å². The number of allylic oxidation sites excluding steroid dienone is 4. The standard InChI is InChI=1S/C33H32N4O5/c1-42-27-17-13-25(14-18-27)35-31(39)22-36-29-10-6-5-9-28(29)32(40)37(33(36)41)26-15-11-24(12-16-26)21-30(38)34-20-19-23-7-3-2-4-8-23/h2-7,9-18,23H,8,19-22H2,1H3,(H,34,38)(H,35,39). The smallest absolute Gasteiger partial charge is 0.336 e. The van der Waals surface area contributed by atoms with E-state index in [1.54, 1.807) is 79.9 Å². The Morgan fingerprint density at radius 3 is 2.40 bits per heavy atom. The summed E-state index contributed by atoms with van der Waals surface area (Å²) in [6.07, 6.45) is 10.4. The summed E-state index contributed by atoms with van der Waals surface area (Å²) in [5.74, 6) is 0.577. The number of nitrogens with one attached hydrogen (secondary N) is 2. The molecule has 0 saturated heterocycles. The van der Waals surface area contributed by atoms with Gasteiger partial charge in [-0.1, -0.05) is 48.6 Å². The van der Waals surface area contributed by atoms with Crippen molar-refractivity contribution in [3.63, 3.8) is 0 Å². The third kappa shape index (κ3) is 6.58. The van der Waals surface area contributed by atoms with E-state index in [1.165, 1.54) is 4.57 Å². The minimum atomic E-state index is -0.638. The monoisotopic (exact) mass is 564 g/mol. The molecule has 9 nitrogen and oxygen atoms in total. The third-order valence-electron chi connectivity index (χ3n) is 7.19. The molecular formula is C33H32N4O5. The van der Waals surface area contributed by atoms with Crippen LogP contribution in [0, 0.1) is 5.92 Å². The largest absolute Gasteiger partial charge is 0.497 e. The number of hydrogen-bond donors (Lipinski definition) is 2. The molecule has 2 N–H and O–H groups in total. The van der Waals surface area contributed by atoms with E-state index in [4.69, 9.17) is 4.74 Å². The van der Waals surface area contributed by atoms with E-state index in [1.807, 2.05) is 12.2 Å². The van der Waals surface area contributed by atoms with Gasteiger partial charge in [-0.05, 0) is 72.9 Å². The Hall–Kier alpha value is -5.18. The van der Waals surface area contributed by atoms with Crippen LogP contribution in [-0.2, 0) is 22.6 Å². The van der Waals surface area contributed by atoms with Crippen LogP contribution in [0.3, 0.4) is 0 Å². The number of benzene rings is 3. The average Bonchev–Trinajstić information content (AvgIpc) is 3.01. The van der Waals surface area contributed by atoms with Gasteiger partial charge in [-0.3, -0.25) is 19.0 Å². The summed E-state index contributed by atoms with van der Waals surface area (Å²) in [6, 6.07) is 20.3. The molecule has 0 radical (unpaired) electrons. The minimum absolute atomic E-state index is 0.0915. The van der Waals surface area contributed by atoms with Crippen molar-refractivity contribution in [1.82, 2.24) is 14.5 Å². The van der Waals surface area contributed by atoms with Gasteiger partial charge in [0.25, 0.3) is 5.56 Å². The van der Waals surface area contributed by atoms with Crippen LogP contribution in [0.15, 0.2) is 107 Å². The second kappa shape index (κ2) is 13.0. The number of nitrogens with zero attached hydrogens (tertiary/aromatic N) is 2. The van der Waals surface area contributed by atoms with Crippen molar-refractivity contribution in [2.24, 2.45) is 5.92 Å². The number of fused-ring (bicyclic) bond motifs is 1. The van der Waals surface area contributed by atoms with E-state index >= 15 is 0 Å². The molecule has 0 fully saturated rings. The molecule has 42 heavy (non-hydrogen) atoms. The predicted octanol–water partition coefficient (Wildman–Crippen LogP) is 3.98. The molecule has 5 rings (SSSR count). The number of aromatic nitrogens is 2. The molecule has 214 valence electrons. The summed E-state index contributed by atoms with van der Waals surface area (Å²) < 4.78 is 7.49. The Balaban J connectivity index is 1.33. The van der Waals surface area contributed by atoms with E-state index in [2.05, 4.69) is 22.8 Å². The number of hydrogen-bond acceptors (Lipinski definition) is 5. The molecule has 1 aromatic heterocycles. The summed E-state index contributed by atoms with van der Waals surface area (Å²) in [7, 11) is 1.56. The van der Waals surface area contributed by atoms with Crippen LogP contribution in [0.25, 0.3) is 16.6 Å². The molecule has 1 atom stereocenters. The van der Waals surface area contributed by atoms with Crippen molar-refractivity contribution in [3.8, 4) is 11.4 Å². The van der Waals surface area contributed by atoms with Crippen molar-refractivity contribution in [2.75, 3.05) is 19.0 Å². The molecule has 0 aliphatic heterocycles. The predicted molar refractivity (Wildman–Crippen MR) is 163 cm³/mol. The highest BCUT2D eigenvalue weighted by atomic mass is 16.5. The first kappa shape index (κ1) is 28.4. The van der Waals surface area contributed by atoms with Crippen molar-refractivity contribution in [3.05, 3.63) is 124 Å². The summed E-state index contributed by atoms with van der Waals surface area (Å²) >= 11 is 0. The molecule has 0 saturated carbocycles. The topological polar surface area (TPSA) is 111 Å². The van der Waals surface area contributed by atoms with Crippen molar-refractivity contribution < 1.29 is 14.3 Å². The molecule has 0 bridgehead atoms. The minimum Gasteiger partial charge on any atom is -0.497 e. The van der Waals surface area contributed by atoms with Gasteiger partial charge >= 0.3 is 5.69 Å². The van der Waals surface area contributed by atoms with Crippen LogP contribution in [0.4, 0.5) is 5.69 Å². The molecule has 1 aliphatic carbocycles. The quantitative estimate of drug-likeness (QED) is 0.303. The lowest BCUT2D eigenvalue weighted by molar-refractivity contribution is -0.120. The zero-order chi connectivity index (χ0) is 29.5.